The van der Waals surface area contributed by atoms with Crippen molar-refractivity contribution in [1.82, 2.24) is 9.78 Å². The van der Waals surface area contributed by atoms with Gasteiger partial charge in [0.2, 0.25) is 0 Å². The van der Waals surface area contributed by atoms with Crippen LogP contribution in [0.25, 0.3) is 0 Å². The van der Waals surface area contributed by atoms with E-state index in [2.05, 4.69) is 25.9 Å². The number of nitrogens with zero attached hydrogens (tertiary/aromatic N) is 2. The van der Waals surface area contributed by atoms with Gasteiger partial charge in [-0.25, -0.2) is 0 Å². The summed E-state index contributed by atoms with van der Waals surface area (Å²) in [5.41, 5.74) is 2.05. The zero-order chi connectivity index (χ0) is 14.0. The maximum atomic E-state index is 12.2. The molecule has 2 rings (SSSR count). The number of carbonyl (C=O) groups is 1. The van der Waals surface area contributed by atoms with Gasteiger partial charge in [0.05, 0.1) is 17.0 Å². The summed E-state index contributed by atoms with van der Waals surface area (Å²) in [4.78, 5) is 14.2. The Kier molecular flexibility index (Phi) is 4.20. The summed E-state index contributed by atoms with van der Waals surface area (Å²) in [5, 5.41) is 4.48. The molecule has 0 bridgehead atoms. The lowest BCUT2D eigenvalue weighted by atomic mass is 10.2. The van der Waals surface area contributed by atoms with Gasteiger partial charge in [0.15, 0.2) is 5.78 Å². The van der Waals surface area contributed by atoms with Gasteiger partial charge in [-0.1, -0.05) is 6.92 Å². The second-order valence-corrected chi connectivity index (χ2v) is 6.25. The number of rotatable bonds is 5. The van der Waals surface area contributed by atoms with E-state index < -0.39 is 0 Å². The molecule has 102 valence electrons. The van der Waals surface area contributed by atoms with Crippen molar-refractivity contribution in [3.63, 3.8) is 0 Å². The first-order valence-electron chi connectivity index (χ1n) is 6.65. The van der Waals surface area contributed by atoms with Crippen LogP contribution in [0, 0.1) is 13.8 Å². The smallest absolute Gasteiger partial charge is 0.178 e. The Morgan fingerprint density at radius 1 is 1.47 bits per heavy atom. The van der Waals surface area contributed by atoms with Crippen molar-refractivity contribution in [3.8, 4) is 0 Å². The normalized spacial score (nSPS) is 12.6. The van der Waals surface area contributed by atoms with E-state index in [1.165, 1.54) is 10.4 Å². The van der Waals surface area contributed by atoms with Crippen molar-refractivity contribution < 1.29 is 4.79 Å². The molecule has 0 fully saturated rings. The van der Waals surface area contributed by atoms with Crippen LogP contribution in [0.5, 0.6) is 0 Å². The molecule has 1 unspecified atom stereocenters. The number of hydrogen-bond acceptors (Lipinski definition) is 3. The van der Waals surface area contributed by atoms with Crippen LogP contribution in [0.1, 0.15) is 52.1 Å². The van der Waals surface area contributed by atoms with Gasteiger partial charge in [0.1, 0.15) is 0 Å². The molecule has 2 aromatic rings. The van der Waals surface area contributed by atoms with Crippen molar-refractivity contribution in [3.05, 3.63) is 39.3 Å². The highest BCUT2D eigenvalue weighted by atomic mass is 32.1. The predicted molar refractivity (Wildman–Crippen MR) is 79.1 cm³/mol. The highest BCUT2D eigenvalue weighted by molar-refractivity contribution is 7.14. The number of hydrogen-bond donors (Lipinski definition) is 0. The monoisotopic (exact) mass is 276 g/mol. The van der Waals surface area contributed by atoms with Crippen LogP contribution in [-0.4, -0.2) is 15.6 Å². The molecule has 2 heterocycles. The number of Topliss-reactive ketones (excluding diaryl/α,β-unsaturated/α-hetero) is 1. The van der Waals surface area contributed by atoms with Gasteiger partial charge in [-0.2, -0.15) is 5.10 Å². The Morgan fingerprint density at radius 2 is 2.21 bits per heavy atom. The molecule has 0 aliphatic carbocycles. The van der Waals surface area contributed by atoms with Crippen LogP contribution < -0.4 is 0 Å². The molecule has 0 aliphatic heterocycles. The molecule has 0 spiro atoms. The molecule has 0 amide bonds. The Labute approximate surface area is 118 Å². The summed E-state index contributed by atoms with van der Waals surface area (Å²) in [6, 6.07) is 4.31. The van der Waals surface area contributed by atoms with Crippen LogP contribution in [0.15, 0.2) is 18.3 Å². The topological polar surface area (TPSA) is 34.9 Å². The first-order chi connectivity index (χ1) is 9.01. The Bertz CT molecular complexity index is 563. The zero-order valence-electron chi connectivity index (χ0n) is 11.9. The molecule has 2 aromatic heterocycles. The van der Waals surface area contributed by atoms with E-state index in [1.807, 2.05) is 29.9 Å². The number of aromatic nitrogens is 2. The Balaban J connectivity index is 2.08. The number of thiophene rings is 1. The highest BCUT2D eigenvalue weighted by Crippen LogP contribution is 2.22. The average Bonchev–Trinajstić information content (AvgIpc) is 2.97. The van der Waals surface area contributed by atoms with E-state index in [9.17, 15) is 4.79 Å². The number of aryl methyl sites for hydroxylation is 2. The fourth-order valence-corrected chi connectivity index (χ4v) is 2.84. The van der Waals surface area contributed by atoms with Crippen molar-refractivity contribution in [2.45, 2.75) is 46.6 Å². The maximum Gasteiger partial charge on any atom is 0.178 e. The van der Waals surface area contributed by atoms with E-state index in [-0.39, 0.29) is 5.78 Å². The fourth-order valence-electron chi connectivity index (χ4n) is 1.87. The summed E-state index contributed by atoms with van der Waals surface area (Å²) in [6.07, 6.45) is 3.39. The Hall–Kier alpha value is -1.42. The van der Waals surface area contributed by atoms with Crippen molar-refractivity contribution in [2.24, 2.45) is 0 Å². The molecule has 0 radical (unpaired) electrons. The lowest BCUT2D eigenvalue weighted by Crippen LogP contribution is -2.07. The zero-order valence-corrected chi connectivity index (χ0v) is 12.8. The molecular formula is C15H20N2OS. The van der Waals surface area contributed by atoms with Gasteiger partial charge >= 0.3 is 0 Å². The molecule has 19 heavy (non-hydrogen) atoms. The molecule has 3 nitrogen and oxygen atoms in total. The fraction of sp³-hybridized carbons (Fsp3) is 0.467. The SMILES string of the molecule is CCC(C)n1ccc(CC(=O)c2cc(C)c(C)s2)n1. The molecule has 0 saturated carbocycles. The largest absolute Gasteiger partial charge is 0.293 e. The lowest BCUT2D eigenvalue weighted by Gasteiger charge is -2.07. The second-order valence-electron chi connectivity index (χ2n) is 4.99. The van der Waals surface area contributed by atoms with Crippen molar-refractivity contribution >= 4 is 17.1 Å². The summed E-state index contributed by atoms with van der Waals surface area (Å²) >= 11 is 1.58. The minimum atomic E-state index is 0.163. The van der Waals surface area contributed by atoms with Gasteiger partial charge in [-0.15, -0.1) is 11.3 Å². The van der Waals surface area contributed by atoms with E-state index >= 15 is 0 Å². The van der Waals surface area contributed by atoms with Crippen LogP contribution >= 0.6 is 11.3 Å². The third-order valence-corrected chi connectivity index (χ3v) is 4.68. The minimum absolute atomic E-state index is 0.163. The van der Waals surface area contributed by atoms with E-state index in [0.717, 1.165) is 17.0 Å². The number of carbonyl (C=O) groups excluding carboxylic acids is 1. The van der Waals surface area contributed by atoms with E-state index in [0.29, 0.717) is 12.5 Å². The van der Waals surface area contributed by atoms with Crippen LogP contribution in [-0.2, 0) is 6.42 Å². The van der Waals surface area contributed by atoms with Crippen molar-refractivity contribution in [1.29, 1.82) is 0 Å². The van der Waals surface area contributed by atoms with E-state index in [4.69, 9.17) is 0 Å². The highest BCUT2D eigenvalue weighted by Gasteiger charge is 2.13. The predicted octanol–water partition coefficient (Wildman–Crippen LogP) is 3.96. The van der Waals surface area contributed by atoms with Crippen LogP contribution in [0.3, 0.4) is 0 Å². The number of ketones is 1. The van der Waals surface area contributed by atoms with Crippen molar-refractivity contribution in [2.75, 3.05) is 0 Å². The van der Waals surface area contributed by atoms with Crippen LogP contribution in [0.4, 0.5) is 0 Å². The maximum absolute atomic E-state index is 12.2. The van der Waals surface area contributed by atoms with Gasteiger partial charge in [-0.3, -0.25) is 9.48 Å². The summed E-state index contributed by atoms with van der Waals surface area (Å²) in [7, 11) is 0. The quantitative estimate of drug-likeness (QED) is 0.775. The average molecular weight is 276 g/mol. The molecule has 1 atom stereocenters. The first kappa shape index (κ1) is 14.0. The molecular weight excluding hydrogens is 256 g/mol. The molecule has 0 N–H and O–H groups in total. The minimum Gasteiger partial charge on any atom is -0.293 e. The first-order valence-corrected chi connectivity index (χ1v) is 7.47. The standard InChI is InChI=1S/C15H20N2OS/c1-5-11(3)17-7-6-13(16-17)9-14(18)15-8-10(2)12(4)19-15/h6-8,11H,5,9H2,1-4H3. The third-order valence-electron chi connectivity index (χ3n) is 3.49. The third kappa shape index (κ3) is 3.13. The summed E-state index contributed by atoms with van der Waals surface area (Å²) < 4.78 is 1.94. The summed E-state index contributed by atoms with van der Waals surface area (Å²) in [5.74, 6) is 0.163. The van der Waals surface area contributed by atoms with Gasteiger partial charge in [-0.05, 0) is 44.9 Å². The van der Waals surface area contributed by atoms with E-state index in [1.54, 1.807) is 11.3 Å². The van der Waals surface area contributed by atoms with Gasteiger partial charge < -0.3 is 0 Å². The Morgan fingerprint density at radius 3 is 2.79 bits per heavy atom. The molecule has 0 saturated heterocycles. The molecule has 4 heteroatoms. The van der Waals surface area contributed by atoms with Crippen LogP contribution in [0.2, 0.25) is 0 Å². The molecule has 0 aromatic carbocycles. The lowest BCUT2D eigenvalue weighted by molar-refractivity contribution is 0.0995. The summed E-state index contributed by atoms with van der Waals surface area (Å²) in [6.45, 7) is 8.35. The van der Waals surface area contributed by atoms with Gasteiger partial charge in [0, 0.05) is 17.1 Å². The van der Waals surface area contributed by atoms with Gasteiger partial charge in [0.25, 0.3) is 0 Å². The second kappa shape index (κ2) is 5.70. The molecule has 0 aliphatic rings.